The molecule has 0 aromatic heterocycles. The first-order chi connectivity index (χ1) is 12.1. The Morgan fingerprint density at radius 3 is 2.30 bits per heavy atom. The molecule has 7 nitrogen and oxygen atoms in total. The van der Waals surface area contributed by atoms with Gasteiger partial charge in [-0.25, -0.2) is 13.1 Å². The Hall–Kier alpha value is -0.900. The Morgan fingerprint density at radius 2 is 1.70 bits per heavy atom. The summed E-state index contributed by atoms with van der Waals surface area (Å²) in [6.07, 6.45) is 2.21. The van der Waals surface area contributed by atoms with Crippen LogP contribution >= 0.6 is 24.8 Å². The van der Waals surface area contributed by atoms with Gasteiger partial charge < -0.3 is 15.1 Å². The van der Waals surface area contributed by atoms with E-state index in [1.807, 2.05) is 0 Å². The fourth-order valence-electron chi connectivity index (χ4n) is 3.25. The van der Waals surface area contributed by atoms with E-state index in [1.165, 1.54) is 0 Å². The average Bonchev–Trinajstić information content (AvgIpc) is 3.06. The molecule has 154 valence electrons. The van der Waals surface area contributed by atoms with Crippen LogP contribution in [-0.4, -0.2) is 65.0 Å². The Morgan fingerprint density at radius 1 is 1.04 bits per heavy atom. The Balaban J connectivity index is 0.00000182. The fourth-order valence-corrected chi connectivity index (χ4v) is 4.33. The number of sulfonamides is 1. The highest BCUT2D eigenvalue weighted by Gasteiger charge is 2.22. The van der Waals surface area contributed by atoms with E-state index in [2.05, 4.69) is 14.9 Å². The maximum atomic E-state index is 12.4. The van der Waals surface area contributed by atoms with Gasteiger partial charge in [0.25, 0.3) is 0 Å². The van der Waals surface area contributed by atoms with Gasteiger partial charge in [-0.15, -0.1) is 24.8 Å². The summed E-state index contributed by atoms with van der Waals surface area (Å²) in [6, 6.07) is 6.55. The normalized spacial score (nSPS) is 18.1. The number of anilines is 1. The number of hydrogen-bond donors (Lipinski definition) is 2. The molecule has 0 radical (unpaired) electrons. The van der Waals surface area contributed by atoms with Crippen molar-refractivity contribution in [3.8, 4) is 0 Å². The van der Waals surface area contributed by atoms with E-state index in [0.717, 1.165) is 51.3 Å². The van der Waals surface area contributed by atoms with Crippen molar-refractivity contribution in [3.05, 3.63) is 24.3 Å². The van der Waals surface area contributed by atoms with Gasteiger partial charge in [0.05, 0.1) is 4.90 Å². The first-order valence-electron chi connectivity index (χ1n) is 8.89. The summed E-state index contributed by atoms with van der Waals surface area (Å²) in [4.78, 5) is 16.0. The van der Waals surface area contributed by atoms with Crippen molar-refractivity contribution in [2.45, 2.75) is 24.2 Å². The topological polar surface area (TPSA) is 81.8 Å². The van der Waals surface area contributed by atoms with Crippen LogP contribution in [0.3, 0.4) is 0 Å². The molecule has 27 heavy (non-hydrogen) atoms. The van der Waals surface area contributed by atoms with Crippen LogP contribution in [0.2, 0.25) is 0 Å². The summed E-state index contributed by atoms with van der Waals surface area (Å²) < 4.78 is 27.4. The quantitative estimate of drug-likeness (QED) is 0.625. The molecule has 1 amide bonds. The number of piperazine rings is 1. The minimum absolute atomic E-state index is 0. The van der Waals surface area contributed by atoms with Crippen molar-refractivity contribution in [2.24, 2.45) is 0 Å². The molecule has 3 rings (SSSR count). The number of carbonyl (C=O) groups is 1. The van der Waals surface area contributed by atoms with Crippen LogP contribution in [0.5, 0.6) is 0 Å². The molecule has 0 bridgehead atoms. The maximum absolute atomic E-state index is 12.4. The molecule has 2 N–H and O–H groups in total. The van der Waals surface area contributed by atoms with Crippen molar-refractivity contribution in [3.63, 3.8) is 0 Å². The van der Waals surface area contributed by atoms with Gasteiger partial charge in [-0.3, -0.25) is 4.79 Å². The number of nitrogens with one attached hydrogen (secondary N) is 2. The molecule has 0 saturated carbocycles. The molecule has 2 heterocycles. The van der Waals surface area contributed by atoms with Crippen molar-refractivity contribution < 1.29 is 13.2 Å². The SMILES string of the molecule is Cl.Cl.O=C1CCCN1c1ccc(S(=O)(=O)NCCCN2CCNCC2)cc1. The van der Waals surface area contributed by atoms with Crippen LogP contribution < -0.4 is 14.9 Å². The summed E-state index contributed by atoms with van der Waals surface area (Å²) in [5, 5.41) is 3.30. The number of benzene rings is 1. The highest BCUT2D eigenvalue weighted by molar-refractivity contribution is 7.89. The molecule has 2 aliphatic rings. The molecular weight excluding hydrogens is 411 g/mol. The van der Waals surface area contributed by atoms with Gasteiger partial charge in [0.2, 0.25) is 15.9 Å². The second-order valence-electron chi connectivity index (χ2n) is 6.49. The summed E-state index contributed by atoms with van der Waals surface area (Å²) in [5.41, 5.74) is 0.764. The Bertz CT molecular complexity index is 695. The molecule has 0 aliphatic carbocycles. The van der Waals surface area contributed by atoms with Crippen LogP contribution in [0.1, 0.15) is 19.3 Å². The number of nitrogens with zero attached hydrogens (tertiary/aromatic N) is 2. The molecule has 2 fully saturated rings. The van der Waals surface area contributed by atoms with Gasteiger partial charge in [-0.05, 0) is 43.7 Å². The Labute approximate surface area is 173 Å². The van der Waals surface area contributed by atoms with Crippen LogP contribution in [0.25, 0.3) is 0 Å². The van der Waals surface area contributed by atoms with E-state index in [0.29, 0.717) is 19.5 Å². The monoisotopic (exact) mass is 438 g/mol. The number of hydrogen-bond acceptors (Lipinski definition) is 5. The van der Waals surface area contributed by atoms with Gasteiger partial charge in [-0.1, -0.05) is 0 Å². The van der Waals surface area contributed by atoms with E-state index >= 15 is 0 Å². The Kier molecular flexibility index (Phi) is 10.0. The largest absolute Gasteiger partial charge is 0.314 e. The molecule has 1 aromatic rings. The predicted molar refractivity (Wildman–Crippen MR) is 112 cm³/mol. The summed E-state index contributed by atoms with van der Waals surface area (Å²) in [6.45, 7) is 6.07. The lowest BCUT2D eigenvalue weighted by Crippen LogP contribution is -2.44. The summed E-state index contributed by atoms with van der Waals surface area (Å²) in [7, 11) is -3.50. The zero-order valence-corrected chi connectivity index (χ0v) is 17.7. The minimum Gasteiger partial charge on any atom is -0.314 e. The molecule has 0 atom stereocenters. The average molecular weight is 439 g/mol. The smallest absolute Gasteiger partial charge is 0.240 e. The lowest BCUT2D eigenvalue weighted by molar-refractivity contribution is -0.117. The van der Waals surface area contributed by atoms with Crippen LogP contribution in [0.15, 0.2) is 29.2 Å². The minimum atomic E-state index is -3.50. The van der Waals surface area contributed by atoms with Crippen LogP contribution in [0, 0.1) is 0 Å². The third-order valence-corrected chi connectivity index (χ3v) is 6.16. The highest BCUT2D eigenvalue weighted by atomic mass is 35.5. The van der Waals surface area contributed by atoms with Crippen molar-refractivity contribution in [1.82, 2.24) is 14.9 Å². The third kappa shape index (κ3) is 6.58. The molecule has 10 heteroatoms. The number of carbonyl (C=O) groups excluding carboxylic acids is 1. The van der Waals surface area contributed by atoms with Crippen LogP contribution in [0.4, 0.5) is 5.69 Å². The van der Waals surface area contributed by atoms with Gasteiger partial charge in [0.15, 0.2) is 0 Å². The second kappa shape index (κ2) is 11.2. The molecule has 2 saturated heterocycles. The summed E-state index contributed by atoms with van der Waals surface area (Å²) in [5.74, 6) is 0.0987. The second-order valence-corrected chi connectivity index (χ2v) is 8.25. The number of halogens is 2. The van der Waals surface area contributed by atoms with Gasteiger partial charge >= 0.3 is 0 Å². The zero-order chi connectivity index (χ0) is 17.7. The first kappa shape index (κ1) is 24.1. The number of amides is 1. The lowest BCUT2D eigenvalue weighted by atomic mass is 10.3. The van der Waals surface area contributed by atoms with Gasteiger partial charge in [0, 0.05) is 51.4 Å². The fraction of sp³-hybridized carbons (Fsp3) is 0.588. The molecule has 0 spiro atoms. The van der Waals surface area contributed by atoms with Crippen molar-refractivity contribution in [1.29, 1.82) is 0 Å². The van der Waals surface area contributed by atoms with E-state index in [-0.39, 0.29) is 35.6 Å². The standard InChI is InChI=1S/C17H26N4O3S.2ClH/c22-17-3-1-12-21(17)15-4-6-16(7-5-15)25(23,24)19-8-2-11-20-13-9-18-10-14-20;;/h4-7,18-19H,1-3,8-14H2;2*1H. The van der Waals surface area contributed by atoms with Gasteiger partial charge in [0.1, 0.15) is 0 Å². The molecule has 0 unspecified atom stereocenters. The van der Waals surface area contributed by atoms with Gasteiger partial charge in [-0.2, -0.15) is 0 Å². The predicted octanol–water partition coefficient (Wildman–Crippen LogP) is 1.23. The van der Waals surface area contributed by atoms with Crippen LogP contribution in [-0.2, 0) is 14.8 Å². The third-order valence-electron chi connectivity index (χ3n) is 4.68. The van der Waals surface area contributed by atoms with Crippen molar-refractivity contribution >= 4 is 46.4 Å². The van der Waals surface area contributed by atoms with E-state index in [4.69, 9.17) is 0 Å². The molecular formula is C17H28Cl2N4O3S. The first-order valence-corrected chi connectivity index (χ1v) is 10.4. The molecule has 2 aliphatic heterocycles. The maximum Gasteiger partial charge on any atom is 0.240 e. The molecule has 1 aromatic carbocycles. The van der Waals surface area contributed by atoms with Crippen molar-refractivity contribution in [2.75, 3.05) is 50.7 Å². The van der Waals surface area contributed by atoms with E-state index in [1.54, 1.807) is 29.2 Å². The lowest BCUT2D eigenvalue weighted by Gasteiger charge is -2.27. The van der Waals surface area contributed by atoms with E-state index in [9.17, 15) is 13.2 Å². The number of rotatable bonds is 7. The summed E-state index contributed by atoms with van der Waals surface area (Å²) >= 11 is 0. The highest BCUT2D eigenvalue weighted by Crippen LogP contribution is 2.22. The van der Waals surface area contributed by atoms with E-state index < -0.39 is 10.0 Å². The zero-order valence-electron chi connectivity index (χ0n) is 15.2.